The van der Waals surface area contributed by atoms with Crippen LogP contribution in [-0.4, -0.2) is 9.97 Å². The van der Waals surface area contributed by atoms with Crippen molar-refractivity contribution >= 4 is 39.8 Å². The van der Waals surface area contributed by atoms with Crippen LogP contribution >= 0.6 is 23.2 Å². The lowest BCUT2D eigenvalue weighted by Gasteiger charge is -2.10. The van der Waals surface area contributed by atoms with Crippen LogP contribution in [0.5, 0.6) is 0 Å². The molecule has 0 unspecified atom stereocenters. The van der Waals surface area contributed by atoms with Gasteiger partial charge >= 0.3 is 0 Å². The van der Waals surface area contributed by atoms with E-state index in [1.807, 2.05) is 18.2 Å². The van der Waals surface area contributed by atoms with Crippen LogP contribution in [-0.2, 0) is 6.54 Å². The van der Waals surface area contributed by atoms with Crippen LogP contribution in [0.1, 0.15) is 5.56 Å². The van der Waals surface area contributed by atoms with E-state index in [1.165, 1.54) is 5.56 Å². The van der Waals surface area contributed by atoms with Crippen LogP contribution in [0, 0.1) is 0 Å². The number of fused-ring (bicyclic) bond motifs is 1. The molecule has 3 aromatic rings. The minimum Gasteiger partial charge on any atom is -0.380 e. The van der Waals surface area contributed by atoms with E-state index in [0.29, 0.717) is 16.9 Å². The SMILES string of the molecule is Clc1cc2nc(Cl)cc(NCc3ccccc3)c2cn1. The Balaban J connectivity index is 1.94. The van der Waals surface area contributed by atoms with Crippen LogP contribution < -0.4 is 5.32 Å². The standard InChI is InChI=1S/C15H11Cl2N3/c16-14-7-13-11(9-19-14)12(6-15(17)20-13)18-8-10-4-2-1-3-5-10/h1-7,9H,8H2,(H,18,20). The number of benzene rings is 1. The minimum absolute atomic E-state index is 0.404. The summed E-state index contributed by atoms with van der Waals surface area (Å²) in [4.78, 5) is 8.35. The molecule has 0 saturated carbocycles. The van der Waals surface area contributed by atoms with Crippen LogP contribution in [0.3, 0.4) is 0 Å². The zero-order valence-electron chi connectivity index (χ0n) is 10.5. The molecule has 5 heteroatoms. The van der Waals surface area contributed by atoms with E-state index in [-0.39, 0.29) is 0 Å². The van der Waals surface area contributed by atoms with Gasteiger partial charge in [-0.15, -0.1) is 0 Å². The lowest BCUT2D eigenvalue weighted by atomic mass is 10.2. The molecule has 0 saturated heterocycles. The molecular weight excluding hydrogens is 293 g/mol. The van der Waals surface area contributed by atoms with Crippen molar-refractivity contribution in [2.24, 2.45) is 0 Å². The Labute approximate surface area is 126 Å². The number of hydrogen-bond donors (Lipinski definition) is 1. The van der Waals surface area contributed by atoms with Crippen LogP contribution in [0.15, 0.2) is 48.7 Å². The number of anilines is 1. The van der Waals surface area contributed by atoms with Crippen molar-refractivity contribution in [3.8, 4) is 0 Å². The maximum Gasteiger partial charge on any atom is 0.131 e. The van der Waals surface area contributed by atoms with Gasteiger partial charge < -0.3 is 5.32 Å². The fraction of sp³-hybridized carbons (Fsp3) is 0.0667. The summed E-state index contributed by atoms with van der Waals surface area (Å²) in [6.07, 6.45) is 1.70. The molecule has 2 heterocycles. The van der Waals surface area contributed by atoms with Gasteiger partial charge in [-0.05, 0) is 11.6 Å². The van der Waals surface area contributed by atoms with E-state index < -0.39 is 0 Å². The molecule has 0 spiro atoms. The third kappa shape index (κ3) is 2.84. The van der Waals surface area contributed by atoms with Gasteiger partial charge in [0.1, 0.15) is 10.3 Å². The van der Waals surface area contributed by atoms with Crippen molar-refractivity contribution < 1.29 is 0 Å². The quantitative estimate of drug-likeness (QED) is 0.721. The Bertz CT molecular complexity index is 739. The molecule has 0 atom stereocenters. The molecule has 3 nitrogen and oxygen atoms in total. The fourth-order valence-corrected chi connectivity index (χ4v) is 2.36. The summed E-state index contributed by atoms with van der Waals surface area (Å²) in [7, 11) is 0. The van der Waals surface area contributed by atoms with Gasteiger partial charge in [-0.1, -0.05) is 53.5 Å². The lowest BCUT2D eigenvalue weighted by Crippen LogP contribution is -2.00. The van der Waals surface area contributed by atoms with Crippen LogP contribution in [0.25, 0.3) is 10.9 Å². The molecule has 0 aliphatic heterocycles. The van der Waals surface area contributed by atoms with Crippen molar-refractivity contribution in [3.63, 3.8) is 0 Å². The number of nitrogens with one attached hydrogen (secondary N) is 1. The lowest BCUT2D eigenvalue weighted by molar-refractivity contribution is 1.15. The second-order valence-corrected chi connectivity index (χ2v) is 5.13. The van der Waals surface area contributed by atoms with Gasteiger partial charge in [0.15, 0.2) is 0 Å². The van der Waals surface area contributed by atoms with E-state index in [4.69, 9.17) is 23.2 Å². The smallest absolute Gasteiger partial charge is 0.131 e. The molecule has 20 heavy (non-hydrogen) atoms. The van der Waals surface area contributed by atoms with Gasteiger partial charge in [0.2, 0.25) is 0 Å². The predicted octanol–water partition coefficient (Wildman–Crippen LogP) is 4.55. The third-order valence-electron chi connectivity index (χ3n) is 2.96. The second kappa shape index (κ2) is 5.65. The molecule has 0 radical (unpaired) electrons. The maximum atomic E-state index is 6.04. The highest BCUT2D eigenvalue weighted by molar-refractivity contribution is 6.31. The summed E-state index contributed by atoms with van der Waals surface area (Å²) in [5.41, 5.74) is 2.82. The minimum atomic E-state index is 0.404. The normalized spacial score (nSPS) is 10.7. The number of pyridine rings is 2. The number of aromatic nitrogens is 2. The Morgan fingerprint density at radius 3 is 2.60 bits per heavy atom. The van der Waals surface area contributed by atoms with Gasteiger partial charge in [0.25, 0.3) is 0 Å². The third-order valence-corrected chi connectivity index (χ3v) is 3.36. The molecule has 0 bridgehead atoms. The maximum absolute atomic E-state index is 6.04. The monoisotopic (exact) mass is 303 g/mol. The number of halogens is 2. The van der Waals surface area contributed by atoms with E-state index in [1.54, 1.807) is 18.3 Å². The average Bonchev–Trinajstić information content (AvgIpc) is 2.45. The van der Waals surface area contributed by atoms with Gasteiger partial charge in [-0.3, -0.25) is 0 Å². The van der Waals surface area contributed by atoms with Crippen LogP contribution in [0.2, 0.25) is 10.3 Å². The molecule has 1 aromatic carbocycles. The first-order valence-electron chi connectivity index (χ1n) is 6.12. The molecule has 0 aliphatic rings. The van der Waals surface area contributed by atoms with E-state index in [0.717, 1.165) is 16.6 Å². The van der Waals surface area contributed by atoms with Gasteiger partial charge in [-0.2, -0.15) is 0 Å². The van der Waals surface area contributed by atoms with Crippen molar-refractivity contribution in [3.05, 3.63) is 64.5 Å². The van der Waals surface area contributed by atoms with Gasteiger partial charge in [0, 0.05) is 29.9 Å². The van der Waals surface area contributed by atoms with Crippen molar-refractivity contribution in [1.82, 2.24) is 9.97 Å². The Hall–Kier alpha value is -1.84. The predicted molar refractivity (Wildman–Crippen MR) is 83.3 cm³/mol. The molecule has 0 aliphatic carbocycles. The zero-order chi connectivity index (χ0) is 13.9. The summed E-state index contributed by atoms with van der Waals surface area (Å²) in [5, 5.41) is 5.08. The summed E-state index contributed by atoms with van der Waals surface area (Å²) < 4.78 is 0. The molecular formula is C15H11Cl2N3. The summed E-state index contributed by atoms with van der Waals surface area (Å²) in [5.74, 6) is 0. The first kappa shape index (κ1) is 13.2. The van der Waals surface area contributed by atoms with E-state index in [2.05, 4.69) is 27.4 Å². The summed E-state index contributed by atoms with van der Waals surface area (Å²) in [6.45, 7) is 0.707. The summed E-state index contributed by atoms with van der Waals surface area (Å²) in [6, 6.07) is 13.6. The first-order chi connectivity index (χ1) is 9.72. The fourth-order valence-electron chi connectivity index (χ4n) is 2.00. The number of nitrogens with zero attached hydrogens (tertiary/aromatic N) is 2. The number of hydrogen-bond acceptors (Lipinski definition) is 3. The molecule has 100 valence electrons. The first-order valence-corrected chi connectivity index (χ1v) is 6.87. The Morgan fingerprint density at radius 2 is 1.80 bits per heavy atom. The second-order valence-electron chi connectivity index (χ2n) is 4.36. The molecule has 3 rings (SSSR count). The highest BCUT2D eigenvalue weighted by atomic mass is 35.5. The topological polar surface area (TPSA) is 37.8 Å². The van der Waals surface area contributed by atoms with E-state index >= 15 is 0 Å². The van der Waals surface area contributed by atoms with E-state index in [9.17, 15) is 0 Å². The Morgan fingerprint density at radius 1 is 1.00 bits per heavy atom. The largest absolute Gasteiger partial charge is 0.380 e. The number of rotatable bonds is 3. The molecule has 0 fully saturated rings. The molecule has 2 aromatic heterocycles. The zero-order valence-corrected chi connectivity index (χ0v) is 12.0. The summed E-state index contributed by atoms with van der Waals surface area (Å²) >= 11 is 11.9. The molecule has 1 N–H and O–H groups in total. The molecule has 0 amide bonds. The van der Waals surface area contributed by atoms with Crippen LogP contribution in [0.4, 0.5) is 5.69 Å². The Kier molecular flexibility index (Phi) is 3.72. The van der Waals surface area contributed by atoms with Crippen molar-refractivity contribution in [2.45, 2.75) is 6.54 Å². The highest BCUT2D eigenvalue weighted by Gasteiger charge is 2.06. The van der Waals surface area contributed by atoms with Crippen molar-refractivity contribution in [2.75, 3.05) is 5.32 Å². The average molecular weight is 304 g/mol. The van der Waals surface area contributed by atoms with Gasteiger partial charge in [-0.25, -0.2) is 9.97 Å². The highest BCUT2D eigenvalue weighted by Crippen LogP contribution is 2.26. The van der Waals surface area contributed by atoms with Gasteiger partial charge in [0.05, 0.1) is 5.52 Å². The van der Waals surface area contributed by atoms with Crippen molar-refractivity contribution in [1.29, 1.82) is 0 Å².